The average Bonchev–Trinajstić information content (AvgIpc) is 3.21. The molecule has 0 N–H and O–H groups in total. The highest BCUT2D eigenvalue weighted by molar-refractivity contribution is 7.92. The monoisotopic (exact) mass is 324 g/mol. The highest BCUT2D eigenvalue weighted by Crippen LogP contribution is 2.50. The lowest BCUT2D eigenvalue weighted by molar-refractivity contribution is -0.145. The van der Waals surface area contributed by atoms with E-state index in [1.165, 1.54) is 0 Å². The van der Waals surface area contributed by atoms with Gasteiger partial charge < -0.3 is 4.74 Å². The number of hydrogen-bond donors (Lipinski definition) is 0. The lowest BCUT2D eigenvalue weighted by Crippen LogP contribution is -2.15. The highest BCUT2D eigenvalue weighted by Gasteiger charge is 2.62. The Morgan fingerprint density at radius 1 is 1.18 bits per heavy atom. The number of carbonyl (C=O) groups is 1. The molecule has 0 unspecified atom stereocenters. The Kier molecular flexibility index (Phi) is 5.27. The van der Waals surface area contributed by atoms with Crippen LogP contribution in [0, 0.1) is 18.8 Å². The third-order valence-corrected chi connectivity index (χ3v) is 6.54. The fourth-order valence-corrected chi connectivity index (χ4v) is 5.19. The minimum atomic E-state index is -3.48. The third kappa shape index (κ3) is 3.35. The summed E-state index contributed by atoms with van der Waals surface area (Å²) in [4.78, 5) is 12.3. The molecule has 0 spiro atoms. The maximum Gasteiger partial charge on any atom is 0.310 e. The molecular formula is C17H24O4S. The predicted octanol–water partition coefficient (Wildman–Crippen LogP) is 3.14. The van der Waals surface area contributed by atoms with Crippen molar-refractivity contribution in [2.75, 3.05) is 6.61 Å². The molecule has 4 nitrogen and oxygen atoms in total. The first kappa shape index (κ1) is 17.0. The molecule has 0 saturated heterocycles. The van der Waals surface area contributed by atoms with E-state index in [4.69, 9.17) is 4.74 Å². The molecule has 0 aromatic heterocycles. The summed E-state index contributed by atoms with van der Waals surface area (Å²) in [6.45, 7) is 6.00. The number of ether oxygens (including phenoxy) is 1. The van der Waals surface area contributed by atoms with Crippen molar-refractivity contribution < 1.29 is 17.9 Å². The van der Waals surface area contributed by atoms with E-state index in [1.807, 2.05) is 6.92 Å². The second-order valence-corrected chi connectivity index (χ2v) is 8.01. The molecule has 22 heavy (non-hydrogen) atoms. The van der Waals surface area contributed by atoms with E-state index < -0.39 is 21.0 Å². The zero-order valence-electron chi connectivity index (χ0n) is 13.4. The van der Waals surface area contributed by atoms with Crippen LogP contribution >= 0.6 is 0 Å². The quantitative estimate of drug-likeness (QED) is 0.723. The number of esters is 1. The maximum atomic E-state index is 12.8. The van der Waals surface area contributed by atoms with Crippen molar-refractivity contribution in [1.29, 1.82) is 0 Å². The second-order valence-electron chi connectivity index (χ2n) is 5.91. The van der Waals surface area contributed by atoms with Gasteiger partial charge in [0.15, 0.2) is 9.84 Å². The van der Waals surface area contributed by atoms with Crippen LogP contribution in [0.1, 0.15) is 38.7 Å². The summed E-state index contributed by atoms with van der Waals surface area (Å²) in [6, 6.07) is 6.83. The Morgan fingerprint density at radius 3 is 2.36 bits per heavy atom. The van der Waals surface area contributed by atoms with E-state index in [1.54, 1.807) is 31.2 Å². The number of hydrogen-bond acceptors (Lipinski definition) is 4. The molecular weight excluding hydrogens is 300 g/mol. The van der Waals surface area contributed by atoms with Gasteiger partial charge in [0.1, 0.15) is 0 Å². The topological polar surface area (TPSA) is 60.4 Å². The SMILES string of the molecule is CCCC[C@H]1[C@H](C(=O)OCC)[C@@H]1S(=O)(=O)c1ccc(C)cc1. The largest absolute Gasteiger partial charge is 0.466 e. The Labute approximate surface area is 132 Å². The lowest BCUT2D eigenvalue weighted by Gasteiger charge is -2.05. The number of benzene rings is 1. The van der Waals surface area contributed by atoms with E-state index in [9.17, 15) is 13.2 Å². The van der Waals surface area contributed by atoms with Crippen molar-refractivity contribution >= 4 is 15.8 Å². The van der Waals surface area contributed by atoms with Crippen LogP contribution in [-0.2, 0) is 19.4 Å². The molecule has 1 aliphatic rings. The van der Waals surface area contributed by atoms with Gasteiger partial charge >= 0.3 is 5.97 Å². The smallest absolute Gasteiger partial charge is 0.310 e. The van der Waals surface area contributed by atoms with E-state index in [2.05, 4.69) is 6.92 Å². The van der Waals surface area contributed by atoms with Gasteiger partial charge in [-0.3, -0.25) is 4.79 Å². The van der Waals surface area contributed by atoms with E-state index in [-0.39, 0.29) is 18.5 Å². The first-order valence-electron chi connectivity index (χ1n) is 7.90. The molecule has 1 fully saturated rings. The summed E-state index contributed by atoms with van der Waals surface area (Å²) in [7, 11) is -3.48. The van der Waals surface area contributed by atoms with Gasteiger partial charge in [-0.05, 0) is 38.3 Å². The lowest BCUT2D eigenvalue weighted by atomic mass is 10.1. The van der Waals surface area contributed by atoms with Gasteiger partial charge in [0.2, 0.25) is 0 Å². The van der Waals surface area contributed by atoms with Crippen molar-refractivity contribution in [3.8, 4) is 0 Å². The Balaban J connectivity index is 2.23. The van der Waals surface area contributed by atoms with Crippen molar-refractivity contribution in [2.45, 2.75) is 50.2 Å². The van der Waals surface area contributed by atoms with Gasteiger partial charge in [-0.25, -0.2) is 8.42 Å². The normalized spacial score (nSPS) is 24.0. The van der Waals surface area contributed by atoms with Gasteiger partial charge in [-0.1, -0.05) is 37.5 Å². The zero-order valence-corrected chi connectivity index (χ0v) is 14.2. The Bertz CT molecular complexity index is 619. The molecule has 1 aromatic carbocycles. The molecule has 0 heterocycles. The molecule has 5 heteroatoms. The molecule has 0 radical (unpaired) electrons. The molecule has 1 aromatic rings. The molecule has 0 aliphatic heterocycles. The summed E-state index contributed by atoms with van der Waals surface area (Å²) < 4.78 is 30.6. The van der Waals surface area contributed by atoms with Crippen molar-refractivity contribution in [3.63, 3.8) is 0 Å². The number of aryl methyl sites for hydroxylation is 1. The maximum absolute atomic E-state index is 12.8. The molecule has 122 valence electrons. The van der Waals surface area contributed by atoms with Crippen LogP contribution in [0.3, 0.4) is 0 Å². The average molecular weight is 324 g/mol. The summed E-state index contributed by atoms with van der Waals surface area (Å²) in [5.74, 6) is -0.979. The number of sulfone groups is 1. The predicted molar refractivity (Wildman–Crippen MR) is 85.3 cm³/mol. The first-order valence-corrected chi connectivity index (χ1v) is 9.45. The van der Waals surface area contributed by atoms with Crippen molar-refractivity contribution in [3.05, 3.63) is 29.8 Å². The van der Waals surface area contributed by atoms with Gasteiger partial charge in [0.25, 0.3) is 0 Å². The first-order chi connectivity index (χ1) is 10.4. The van der Waals surface area contributed by atoms with E-state index in [0.29, 0.717) is 4.90 Å². The minimum absolute atomic E-state index is 0.106. The number of unbranched alkanes of at least 4 members (excludes halogenated alkanes) is 1. The van der Waals surface area contributed by atoms with Gasteiger partial charge in [-0.2, -0.15) is 0 Å². The molecule has 2 rings (SSSR count). The van der Waals surface area contributed by atoms with Crippen LogP contribution in [0.4, 0.5) is 0 Å². The summed E-state index contributed by atoms with van der Waals surface area (Å²) >= 11 is 0. The van der Waals surface area contributed by atoms with Gasteiger partial charge in [0, 0.05) is 0 Å². The Hall–Kier alpha value is -1.36. The minimum Gasteiger partial charge on any atom is -0.466 e. The number of rotatable bonds is 7. The summed E-state index contributed by atoms with van der Waals surface area (Å²) in [5, 5.41) is -0.624. The molecule has 0 bridgehead atoms. The van der Waals surface area contributed by atoms with Crippen LogP contribution in [-0.4, -0.2) is 26.2 Å². The van der Waals surface area contributed by atoms with Crippen LogP contribution in [0.5, 0.6) is 0 Å². The molecule has 0 amide bonds. The van der Waals surface area contributed by atoms with Gasteiger partial charge in [-0.15, -0.1) is 0 Å². The fraction of sp³-hybridized carbons (Fsp3) is 0.588. The molecule has 1 aliphatic carbocycles. The van der Waals surface area contributed by atoms with Crippen LogP contribution in [0.25, 0.3) is 0 Å². The van der Waals surface area contributed by atoms with E-state index in [0.717, 1.165) is 24.8 Å². The van der Waals surface area contributed by atoms with Crippen molar-refractivity contribution in [1.82, 2.24) is 0 Å². The van der Waals surface area contributed by atoms with Crippen LogP contribution < -0.4 is 0 Å². The highest BCUT2D eigenvalue weighted by atomic mass is 32.2. The Morgan fingerprint density at radius 2 is 1.82 bits per heavy atom. The second kappa shape index (κ2) is 6.82. The fourth-order valence-electron chi connectivity index (χ4n) is 2.98. The van der Waals surface area contributed by atoms with Crippen molar-refractivity contribution in [2.24, 2.45) is 11.8 Å². The van der Waals surface area contributed by atoms with Gasteiger partial charge in [0.05, 0.1) is 22.7 Å². The summed E-state index contributed by atoms with van der Waals surface area (Å²) in [6.07, 6.45) is 2.68. The standard InChI is InChI=1S/C17H24O4S/c1-4-6-7-14-15(17(18)21-5-2)16(14)22(19,20)13-10-8-12(3)9-11-13/h8-11,14-16H,4-7H2,1-3H3/t14-,15-,16+/m0/s1. The van der Waals surface area contributed by atoms with Crippen LogP contribution in [0.2, 0.25) is 0 Å². The molecule has 1 saturated carbocycles. The number of carbonyl (C=O) groups excluding carboxylic acids is 1. The van der Waals surface area contributed by atoms with Crippen LogP contribution in [0.15, 0.2) is 29.2 Å². The zero-order chi connectivity index (χ0) is 16.3. The van der Waals surface area contributed by atoms with E-state index >= 15 is 0 Å². The summed E-state index contributed by atoms with van der Waals surface area (Å²) in [5.41, 5.74) is 1.01. The molecule has 3 atom stereocenters. The third-order valence-electron chi connectivity index (χ3n) is 4.25.